The van der Waals surface area contributed by atoms with Crippen LogP contribution in [0.3, 0.4) is 0 Å². The molecule has 0 amide bonds. The number of nitrogens with one attached hydrogen (secondary N) is 1. The Bertz CT molecular complexity index is 497. The summed E-state index contributed by atoms with van der Waals surface area (Å²) in [6.45, 7) is 3.55. The van der Waals surface area contributed by atoms with Gasteiger partial charge < -0.3 is 10.9 Å². The molecule has 1 aromatic rings. The normalized spacial score (nSPS) is 12.1. The Kier molecular flexibility index (Phi) is 2.93. The molecule has 0 spiro atoms. The molecule has 0 unspecified atom stereocenters. The summed E-state index contributed by atoms with van der Waals surface area (Å²) >= 11 is 0. The first-order valence-electron chi connectivity index (χ1n) is 4.30. The number of aromatic nitrogens is 2. The van der Waals surface area contributed by atoms with Crippen LogP contribution >= 0.6 is 0 Å². The highest BCUT2D eigenvalue weighted by Crippen LogP contribution is 1.98. The lowest BCUT2D eigenvalue weighted by Gasteiger charge is -2.09. The SMILES string of the molecule is CC(C)n1cc(/C(N)=N/O)c(=O)[nH]c1=O. The maximum absolute atomic E-state index is 11.3. The van der Waals surface area contributed by atoms with Gasteiger partial charge in [0.05, 0.1) is 0 Å². The molecule has 1 heterocycles. The number of amidine groups is 1. The van der Waals surface area contributed by atoms with E-state index in [-0.39, 0.29) is 17.4 Å². The largest absolute Gasteiger partial charge is 0.409 e. The molecule has 7 heteroatoms. The minimum absolute atomic E-state index is 0.0363. The first-order valence-corrected chi connectivity index (χ1v) is 4.30. The first-order chi connectivity index (χ1) is 6.97. The highest BCUT2D eigenvalue weighted by Gasteiger charge is 2.10. The molecule has 0 aliphatic carbocycles. The van der Waals surface area contributed by atoms with Crippen molar-refractivity contribution in [2.24, 2.45) is 10.9 Å². The number of oxime groups is 1. The van der Waals surface area contributed by atoms with E-state index in [0.29, 0.717) is 0 Å². The van der Waals surface area contributed by atoms with Crippen LogP contribution < -0.4 is 17.0 Å². The molecule has 82 valence electrons. The Balaban J connectivity index is 3.50. The van der Waals surface area contributed by atoms with Gasteiger partial charge in [-0.2, -0.15) is 0 Å². The van der Waals surface area contributed by atoms with Gasteiger partial charge in [0.25, 0.3) is 5.56 Å². The fraction of sp³-hybridized carbons (Fsp3) is 0.375. The molecular weight excluding hydrogens is 200 g/mol. The number of aromatic amines is 1. The van der Waals surface area contributed by atoms with Crippen LogP contribution in [0.2, 0.25) is 0 Å². The van der Waals surface area contributed by atoms with Crippen molar-refractivity contribution in [3.05, 3.63) is 32.6 Å². The molecule has 0 aromatic carbocycles. The number of H-pyrrole nitrogens is 1. The monoisotopic (exact) mass is 212 g/mol. The van der Waals surface area contributed by atoms with Gasteiger partial charge in [0.15, 0.2) is 5.84 Å². The van der Waals surface area contributed by atoms with E-state index >= 15 is 0 Å². The Hall–Kier alpha value is -2.05. The lowest BCUT2D eigenvalue weighted by Crippen LogP contribution is -2.36. The topological polar surface area (TPSA) is 113 Å². The number of hydrogen-bond acceptors (Lipinski definition) is 4. The second kappa shape index (κ2) is 3.99. The summed E-state index contributed by atoms with van der Waals surface area (Å²) in [6, 6.07) is -0.125. The van der Waals surface area contributed by atoms with Gasteiger partial charge in [0.1, 0.15) is 5.56 Å². The van der Waals surface area contributed by atoms with Crippen molar-refractivity contribution in [1.82, 2.24) is 9.55 Å². The predicted molar refractivity (Wildman–Crippen MR) is 54.2 cm³/mol. The third kappa shape index (κ3) is 2.06. The lowest BCUT2D eigenvalue weighted by molar-refractivity contribution is 0.318. The van der Waals surface area contributed by atoms with E-state index in [4.69, 9.17) is 10.9 Å². The molecule has 0 saturated carbocycles. The van der Waals surface area contributed by atoms with Crippen LogP contribution in [0.25, 0.3) is 0 Å². The number of nitrogens with two attached hydrogens (primary N) is 1. The number of nitrogens with zero attached hydrogens (tertiary/aromatic N) is 2. The van der Waals surface area contributed by atoms with Gasteiger partial charge in [-0.15, -0.1) is 0 Å². The quantitative estimate of drug-likeness (QED) is 0.258. The third-order valence-corrected chi connectivity index (χ3v) is 1.91. The second-order valence-corrected chi connectivity index (χ2v) is 3.29. The summed E-state index contributed by atoms with van der Waals surface area (Å²) in [6.07, 6.45) is 1.26. The molecule has 4 N–H and O–H groups in total. The van der Waals surface area contributed by atoms with E-state index in [9.17, 15) is 9.59 Å². The van der Waals surface area contributed by atoms with Crippen molar-refractivity contribution < 1.29 is 5.21 Å². The van der Waals surface area contributed by atoms with Crippen molar-refractivity contribution in [3.8, 4) is 0 Å². The molecule has 0 aliphatic rings. The number of hydrogen-bond donors (Lipinski definition) is 3. The highest BCUT2D eigenvalue weighted by atomic mass is 16.4. The van der Waals surface area contributed by atoms with Crippen LogP contribution in [0.5, 0.6) is 0 Å². The summed E-state index contributed by atoms with van der Waals surface area (Å²) < 4.78 is 1.29. The summed E-state index contributed by atoms with van der Waals surface area (Å²) in [5, 5.41) is 11.1. The van der Waals surface area contributed by atoms with Gasteiger partial charge in [-0.3, -0.25) is 14.3 Å². The van der Waals surface area contributed by atoms with Crippen LogP contribution in [-0.4, -0.2) is 20.6 Å². The maximum atomic E-state index is 11.3. The van der Waals surface area contributed by atoms with Crippen molar-refractivity contribution in [1.29, 1.82) is 0 Å². The smallest absolute Gasteiger partial charge is 0.328 e. The average Bonchev–Trinajstić information content (AvgIpc) is 2.16. The third-order valence-electron chi connectivity index (χ3n) is 1.91. The standard InChI is InChI=1S/C8H12N4O3/c1-4(2)12-3-5(6(9)11-15)7(13)10-8(12)14/h3-4,15H,1-2H3,(H2,9,11)(H,10,13,14). The average molecular weight is 212 g/mol. The van der Waals surface area contributed by atoms with Gasteiger partial charge >= 0.3 is 5.69 Å². The Morgan fingerprint density at radius 2 is 2.20 bits per heavy atom. The van der Waals surface area contributed by atoms with Gasteiger partial charge in [-0.1, -0.05) is 5.16 Å². The minimum Gasteiger partial charge on any atom is -0.409 e. The van der Waals surface area contributed by atoms with E-state index in [2.05, 4.69) is 10.1 Å². The maximum Gasteiger partial charge on any atom is 0.328 e. The molecule has 0 aliphatic heterocycles. The van der Waals surface area contributed by atoms with Gasteiger partial charge in [-0.05, 0) is 13.8 Å². The molecule has 7 nitrogen and oxygen atoms in total. The zero-order valence-electron chi connectivity index (χ0n) is 8.39. The second-order valence-electron chi connectivity index (χ2n) is 3.29. The summed E-state index contributed by atoms with van der Waals surface area (Å²) in [7, 11) is 0. The molecule has 1 rings (SSSR count). The van der Waals surface area contributed by atoms with Gasteiger partial charge in [0, 0.05) is 12.2 Å². The zero-order valence-corrected chi connectivity index (χ0v) is 8.39. The lowest BCUT2D eigenvalue weighted by atomic mass is 10.3. The van der Waals surface area contributed by atoms with Crippen molar-refractivity contribution in [2.45, 2.75) is 19.9 Å². The van der Waals surface area contributed by atoms with E-state index in [1.165, 1.54) is 10.8 Å². The molecule has 0 bridgehead atoms. The summed E-state index contributed by atoms with van der Waals surface area (Å²) in [5.41, 5.74) is 4.05. The predicted octanol–water partition coefficient (Wildman–Crippen LogP) is -0.788. The molecular formula is C8H12N4O3. The fourth-order valence-corrected chi connectivity index (χ4v) is 1.11. The van der Waals surface area contributed by atoms with Gasteiger partial charge in [-0.25, -0.2) is 4.79 Å². The molecule has 15 heavy (non-hydrogen) atoms. The Morgan fingerprint density at radius 3 is 2.67 bits per heavy atom. The van der Waals surface area contributed by atoms with E-state index in [1.807, 2.05) is 0 Å². The fourth-order valence-electron chi connectivity index (χ4n) is 1.11. The summed E-state index contributed by atoms with van der Waals surface area (Å²) in [4.78, 5) is 24.7. The van der Waals surface area contributed by atoms with Crippen molar-refractivity contribution in [2.75, 3.05) is 0 Å². The van der Waals surface area contributed by atoms with Crippen LogP contribution in [-0.2, 0) is 0 Å². The molecule has 1 aromatic heterocycles. The number of rotatable bonds is 2. The molecule has 0 atom stereocenters. The van der Waals surface area contributed by atoms with Gasteiger partial charge in [0.2, 0.25) is 0 Å². The van der Waals surface area contributed by atoms with E-state index in [1.54, 1.807) is 13.8 Å². The Labute approximate surface area is 84.8 Å². The minimum atomic E-state index is -0.674. The van der Waals surface area contributed by atoms with Crippen molar-refractivity contribution >= 4 is 5.84 Å². The molecule has 0 saturated heterocycles. The summed E-state index contributed by atoms with van der Waals surface area (Å²) in [5.74, 6) is -0.328. The van der Waals surface area contributed by atoms with E-state index < -0.39 is 11.2 Å². The van der Waals surface area contributed by atoms with Crippen LogP contribution in [0, 0.1) is 0 Å². The first kappa shape index (κ1) is 11.0. The van der Waals surface area contributed by atoms with Crippen LogP contribution in [0.15, 0.2) is 20.9 Å². The van der Waals surface area contributed by atoms with Crippen molar-refractivity contribution in [3.63, 3.8) is 0 Å². The molecule has 0 fully saturated rings. The zero-order chi connectivity index (χ0) is 11.6. The van der Waals surface area contributed by atoms with Crippen LogP contribution in [0.1, 0.15) is 25.5 Å². The Morgan fingerprint density at radius 1 is 1.60 bits per heavy atom. The van der Waals surface area contributed by atoms with E-state index in [0.717, 1.165) is 0 Å². The molecule has 0 radical (unpaired) electrons. The van der Waals surface area contributed by atoms with Crippen LogP contribution in [0.4, 0.5) is 0 Å². The highest BCUT2D eigenvalue weighted by molar-refractivity contribution is 5.96.